The number of ether oxygens (including phenoxy) is 1. The highest BCUT2D eigenvalue weighted by molar-refractivity contribution is 5.32. The van der Waals surface area contributed by atoms with Crippen molar-refractivity contribution >= 4 is 0 Å². The molecule has 18 heavy (non-hydrogen) atoms. The van der Waals surface area contributed by atoms with Crippen LogP contribution in [0.2, 0.25) is 0 Å². The zero-order valence-electron chi connectivity index (χ0n) is 10.8. The second kappa shape index (κ2) is 5.69. The molecule has 0 aliphatic heterocycles. The number of benzene rings is 2. The first-order valence-corrected chi connectivity index (χ1v) is 6.10. The van der Waals surface area contributed by atoms with Gasteiger partial charge in [0.1, 0.15) is 18.5 Å². The largest absolute Gasteiger partial charge is 0.491 e. The minimum atomic E-state index is -0.592. The van der Waals surface area contributed by atoms with Gasteiger partial charge in [0.2, 0.25) is 0 Å². The quantitative estimate of drug-likeness (QED) is 0.890. The second-order valence-corrected chi connectivity index (χ2v) is 4.50. The van der Waals surface area contributed by atoms with Crippen LogP contribution >= 0.6 is 0 Å². The van der Waals surface area contributed by atoms with Crippen molar-refractivity contribution in [3.05, 3.63) is 65.2 Å². The van der Waals surface area contributed by atoms with Crippen LogP contribution in [0, 0.1) is 13.8 Å². The summed E-state index contributed by atoms with van der Waals surface area (Å²) in [4.78, 5) is 0. The predicted octanol–water partition coefficient (Wildman–Crippen LogP) is 3.42. The number of hydrogen-bond donors (Lipinski definition) is 1. The summed E-state index contributed by atoms with van der Waals surface area (Å²) in [5.74, 6) is 0.779. The van der Waals surface area contributed by atoms with Gasteiger partial charge in [0.15, 0.2) is 0 Å². The molecule has 0 aromatic heterocycles. The lowest BCUT2D eigenvalue weighted by molar-refractivity contribution is 0.107. The molecule has 0 amide bonds. The Bertz CT molecular complexity index is 506. The number of hydrogen-bond acceptors (Lipinski definition) is 2. The van der Waals surface area contributed by atoms with Crippen molar-refractivity contribution in [2.24, 2.45) is 0 Å². The third-order valence-electron chi connectivity index (χ3n) is 2.94. The Labute approximate surface area is 108 Å². The Morgan fingerprint density at radius 3 is 2.50 bits per heavy atom. The van der Waals surface area contributed by atoms with Crippen LogP contribution in [-0.2, 0) is 0 Å². The van der Waals surface area contributed by atoms with E-state index in [1.54, 1.807) is 0 Å². The summed E-state index contributed by atoms with van der Waals surface area (Å²) in [6.45, 7) is 4.29. The lowest BCUT2D eigenvalue weighted by Gasteiger charge is -2.15. The van der Waals surface area contributed by atoms with Crippen LogP contribution in [0.1, 0.15) is 22.8 Å². The maximum absolute atomic E-state index is 10.2. The molecule has 0 spiro atoms. The summed E-state index contributed by atoms with van der Waals surface area (Å²) in [7, 11) is 0. The summed E-state index contributed by atoms with van der Waals surface area (Å²) in [5.41, 5.74) is 3.17. The van der Waals surface area contributed by atoms with E-state index in [1.807, 2.05) is 62.4 Å². The molecule has 0 heterocycles. The lowest BCUT2D eigenvalue weighted by Crippen LogP contribution is -2.11. The molecule has 1 unspecified atom stereocenters. The van der Waals surface area contributed by atoms with Gasteiger partial charge in [0.25, 0.3) is 0 Å². The Morgan fingerprint density at radius 2 is 1.78 bits per heavy atom. The highest BCUT2D eigenvalue weighted by atomic mass is 16.5. The van der Waals surface area contributed by atoms with Crippen molar-refractivity contribution in [1.29, 1.82) is 0 Å². The van der Waals surface area contributed by atoms with E-state index in [0.717, 1.165) is 22.4 Å². The first-order valence-electron chi connectivity index (χ1n) is 6.10. The monoisotopic (exact) mass is 242 g/mol. The van der Waals surface area contributed by atoms with E-state index in [2.05, 4.69) is 0 Å². The molecule has 94 valence electrons. The predicted molar refractivity (Wildman–Crippen MR) is 72.8 cm³/mol. The average molecular weight is 242 g/mol. The summed E-state index contributed by atoms with van der Waals surface area (Å²) in [6.07, 6.45) is -0.592. The zero-order chi connectivity index (χ0) is 13.0. The third kappa shape index (κ3) is 3.11. The molecule has 2 aromatic rings. The van der Waals surface area contributed by atoms with E-state index in [4.69, 9.17) is 4.74 Å². The van der Waals surface area contributed by atoms with Crippen LogP contribution in [0.5, 0.6) is 5.75 Å². The molecule has 2 heteroatoms. The first-order chi connectivity index (χ1) is 8.66. The highest BCUT2D eigenvalue weighted by Crippen LogP contribution is 2.20. The van der Waals surface area contributed by atoms with E-state index in [9.17, 15) is 5.11 Å². The van der Waals surface area contributed by atoms with Gasteiger partial charge in [-0.1, -0.05) is 42.0 Å². The van der Waals surface area contributed by atoms with Crippen molar-refractivity contribution in [2.75, 3.05) is 6.61 Å². The minimum Gasteiger partial charge on any atom is -0.491 e. The van der Waals surface area contributed by atoms with Crippen LogP contribution in [-0.4, -0.2) is 11.7 Å². The molecule has 0 bridgehead atoms. The van der Waals surface area contributed by atoms with Crippen molar-refractivity contribution in [3.8, 4) is 5.75 Å². The van der Waals surface area contributed by atoms with Gasteiger partial charge in [0.05, 0.1) is 0 Å². The van der Waals surface area contributed by atoms with Gasteiger partial charge in [-0.15, -0.1) is 0 Å². The molecular weight excluding hydrogens is 224 g/mol. The van der Waals surface area contributed by atoms with Crippen LogP contribution in [0.3, 0.4) is 0 Å². The van der Waals surface area contributed by atoms with E-state index >= 15 is 0 Å². The lowest BCUT2D eigenvalue weighted by atomic mass is 10.0. The summed E-state index contributed by atoms with van der Waals surface area (Å²) < 4.78 is 5.57. The number of aliphatic hydroxyl groups is 1. The molecule has 1 atom stereocenters. The third-order valence-corrected chi connectivity index (χ3v) is 2.94. The van der Waals surface area contributed by atoms with Gasteiger partial charge in [-0.05, 0) is 37.1 Å². The smallest absolute Gasteiger partial charge is 0.119 e. The topological polar surface area (TPSA) is 29.5 Å². The Kier molecular flexibility index (Phi) is 4.00. The maximum Gasteiger partial charge on any atom is 0.119 e. The molecule has 2 nitrogen and oxygen atoms in total. The van der Waals surface area contributed by atoms with Gasteiger partial charge < -0.3 is 9.84 Å². The van der Waals surface area contributed by atoms with Gasteiger partial charge in [0, 0.05) is 0 Å². The van der Waals surface area contributed by atoms with Crippen LogP contribution in [0.4, 0.5) is 0 Å². The summed E-state index contributed by atoms with van der Waals surface area (Å²) in [6, 6.07) is 15.6. The molecule has 0 saturated carbocycles. The minimum absolute atomic E-state index is 0.272. The normalized spacial score (nSPS) is 12.2. The van der Waals surface area contributed by atoms with E-state index in [0.29, 0.717) is 0 Å². The fourth-order valence-electron chi connectivity index (χ4n) is 1.90. The van der Waals surface area contributed by atoms with Crippen molar-refractivity contribution in [2.45, 2.75) is 20.0 Å². The van der Waals surface area contributed by atoms with E-state index in [-0.39, 0.29) is 6.61 Å². The van der Waals surface area contributed by atoms with Gasteiger partial charge >= 0.3 is 0 Å². The van der Waals surface area contributed by atoms with Crippen molar-refractivity contribution < 1.29 is 9.84 Å². The molecular formula is C16H18O2. The fraction of sp³-hybridized carbons (Fsp3) is 0.250. The Morgan fingerprint density at radius 1 is 1.06 bits per heavy atom. The molecule has 0 saturated heterocycles. The molecule has 0 aliphatic rings. The van der Waals surface area contributed by atoms with Crippen molar-refractivity contribution in [3.63, 3.8) is 0 Å². The standard InChI is InChI=1S/C16H18O2/c1-12-8-9-13(2)15(10-12)16(17)11-18-14-6-4-3-5-7-14/h3-10,16-17H,11H2,1-2H3. The van der Waals surface area contributed by atoms with Crippen LogP contribution in [0.15, 0.2) is 48.5 Å². The number of aryl methyl sites for hydroxylation is 2. The van der Waals surface area contributed by atoms with Crippen LogP contribution < -0.4 is 4.74 Å². The number of para-hydroxylation sites is 1. The number of aliphatic hydroxyl groups excluding tert-OH is 1. The summed E-state index contributed by atoms with van der Waals surface area (Å²) >= 11 is 0. The SMILES string of the molecule is Cc1ccc(C)c(C(O)COc2ccccc2)c1. The van der Waals surface area contributed by atoms with E-state index in [1.165, 1.54) is 0 Å². The fourth-order valence-corrected chi connectivity index (χ4v) is 1.90. The molecule has 0 aliphatic carbocycles. The van der Waals surface area contributed by atoms with E-state index < -0.39 is 6.10 Å². The molecule has 2 aromatic carbocycles. The first kappa shape index (κ1) is 12.7. The molecule has 1 N–H and O–H groups in total. The van der Waals surface area contributed by atoms with Crippen molar-refractivity contribution in [1.82, 2.24) is 0 Å². The average Bonchev–Trinajstić information content (AvgIpc) is 2.40. The highest BCUT2D eigenvalue weighted by Gasteiger charge is 2.11. The summed E-state index contributed by atoms with van der Waals surface area (Å²) in [5, 5.41) is 10.2. The molecule has 0 radical (unpaired) electrons. The number of rotatable bonds is 4. The Balaban J connectivity index is 2.03. The molecule has 2 rings (SSSR count). The van der Waals surface area contributed by atoms with Gasteiger partial charge in [-0.2, -0.15) is 0 Å². The maximum atomic E-state index is 10.2. The van der Waals surface area contributed by atoms with Crippen LogP contribution in [0.25, 0.3) is 0 Å². The zero-order valence-corrected chi connectivity index (χ0v) is 10.8. The van der Waals surface area contributed by atoms with Gasteiger partial charge in [-0.3, -0.25) is 0 Å². The van der Waals surface area contributed by atoms with Gasteiger partial charge in [-0.25, -0.2) is 0 Å². The Hall–Kier alpha value is -1.80. The molecule has 0 fully saturated rings. The second-order valence-electron chi connectivity index (χ2n) is 4.50.